The SMILES string of the molecule is CNC(=O)NCC=S. The largest absolute Gasteiger partial charge is 0.341 e. The van der Waals surface area contributed by atoms with E-state index in [-0.39, 0.29) is 6.03 Å². The number of nitrogens with one attached hydrogen (secondary N) is 2. The minimum absolute atomic E-state index is 0.203. The van der Waals surface area contributed by atoms with E-state index in [1.165, 1.54) is 5.37 Å². The number of carbonyl (C=O) groups excluding carboxylic acids is 1. The van der Waals surface area contributed by atoms with Crippen molar-refractivity contribution in [1.29, 1.82) is 0 Å². The molecule has 0 heterocycles. The topological polar surface area (TPSA) is 41.1 Å². The molecule has 0 rings (SSSR count). The van der Waals surface area contributed by atoms with Crippen molar-refractivity contribution < 1.29 is 4.79 Å². The Hall–Kier alpha value is -0.640. The second-order valence-corrected chi connectivity index (χ2v) is 1.46. The Morgan fingerprint density at radius 2 is 2.50 bits per heavy atom. The van der Waals surface area contributed by atoms with Crippen molar-refractivity contribution in [2.75, 3.05) is 13.6 Å². The summed E-state index contributed by atoms with van der Waals surface area (Å²) in [5, 5.41) is 6.31. The van der Waals surface area contributed by atoms with Crippen LogP contribution in [0.4, 0.5) is 4.79 Å². The molecule has 0 aromatic heterocycles. The van der Waals surface area contributed by atoms with E-state index < -0.39 is 0 Å². The fraction of sp³-hybridized carbons (Fsp3) is 0.500. The summed E-state index contributed by atoms with van der Waals surface area (Å²) in [4.78, 5) is 10.3. The predicted octanol–water partition coefficient (Wildman–Crippen LogP) is -0.0849. The first-order chi connectivity index (χ1) is 3.81. The molecule has 2 amide bonds. The Bertz CT molecular complexity index is 94.0. The zero-order chi connectivity index (χ0) is 6.41. The average Bonchev–Trinajstić information content (AvgIpc) is 1.83. The van der Waals surface area contributed by atoms with Gasteiger partial charge in [0.1, 0.15) is 0 Å². The van der Waals surface area contributed by atoms with Crippen LogP contribution in [0.15, 0.2) is 0 Å². The zero-order valence-corrected chi connectivity index (χ0v) is 5.42. The smallest absolute Gasteiger partial charge is 0.314 e. The molecule has 0 saturated heterocycles. The van der Waals surface area contributed by atoms with Crippen LogP contribution in [0.3, 0.4) is 0 Å². The van der Waals surface area contributed by atoms with Crippen LogP contribution < -0.4 is 10.6 Å². The van der Waals surface area contributed by atoms with Crippen molar-refractivity contribution >= 4 is 23.6 Å². The van der Waals surface area contributed by atoms with Gasteiger partial charge >= 0.3 is 6.03 Å². The highest BCUT2D eigenvalue weighted by atomic mass is 32.1. The second kappa shape index (κ2) is 4.52. The number of amides is 2. The fourth-order valence-corrected chi connectivity index (χ4v) is 0.306. The van der Waals surface area contributed by atoms with Crippen LogP contribution in [0.5, 0.6) is 0 Å². The molecule has 0 aliphatic carbocycles. The molecule has 3 nitrogen and oxygen atoms in total. The lowest BCUT2D eigenvalue weighted by atomic mass is 10.7. The summed E-state index contributed by atoms with van der Waals surface area (Å²) >= 11 is 4.45. The lowest BCUT2D eigenvalue weighted by Gasteiger charge is -1.96. The monoisotopic (exact) mass is 132 g/mol. The first-order valence-electron chi connectivity index (χ1n) is 2.20. The summed E-state index contributed by atoms with van der Waals surface area (Å²) in [6, 6.07) is -0.203. The highest BCUT2D eigenvalue weighted by Gasteiger charge is 1.88. The molecule has 46 valence electrons. The van der Waals surface area contributed by atoms with E-state index in [0.29, 0.717) is 6.54 Å². The standard InChI is InChI=1S/C4H8N2OS/c1-5-4(7)6-2-3-8/h3H,2H2,1H3,(H2,5,6,7). The minimum Gasteiger partial charge on any atom is -0.341 e. The Labute approximate surface area is 53.5 Å². The molecule has 0 bridgehead atoms. The molecule has 0 spiro atoms. The van der Waals surface area contributed by atoms with Gasteiger partial charge in [0, 0.05) is 13.6 Å². The molecule has 2 N–H and O–H groups in total. The van der Waals surface area contributed by atoms with Crippen LogP contribution in [0.25, 0.3) is 0 Å². The first kappa shape index (κ1) is 7.36. The Balaban J connectivity index is 3.11. The third-order valence-electron chi connectivity index (χ3n) is 0.573. The molecule has 0 unspecified atom stereocenters. The van der Waals surface area contributed by atoms with Gasteiger partial charge in [-0.3, -0.25) is 0 Å². The Morgan fingerprint density at radius 3 is 2.88 bits per heavy atom. The molecule has 8 heavy (non-hydrogen) atoms. The molecule has 0 atom stereocenters. The van der Waals surface area contributed by atoms with Gasteiger partial charge in [-0.1, -0.05) is 12.2 Å². The summed E-state index contributed by atoms with van der Waals surface area (Å²) in [6.45, 7) is 0.439. The molecule has 4 heteroatoms. The highest BCUT2D eigenvalue weighted by Crippen LogP contribution is 1.57. The normalized spacial score (nSPS) is 7.62. The summed E-state index contributed by atoms with van der Waals surface area (Å²) in [7, 11) is 1.55. The lowest BCUT2D eigenvalue weighted by molar-refractivity contribution is 0.244. The number of hydrogen-bond acceptors (Lipinski definition) is 2. The Morgan fingerprint density at radius 1 is 1.88 bits per heavy atom. The van der Waals surface area contributed by atoms with Gasteiger partial charge in [-0.2, -0.15) is 0 Å². The van der Waals surface area contributed by atoms with E-state index in [9.17, 15) is 4.79 Å². The molecule has 0 aromatic carbocycles. The summed E-state index contributed by atoms with van der Waals surface area (Å²) < 4.78 is 0. The summed E-state index contributed by atoms with van der Waals surface area (Å²) in [6.07, 6.45) is 0. The lowest BCUT2D eigenvalue weighted by Crippen LogP contribution is -2.33. The minimum atomic E-state index is -0.203. The van der Waals surface area contributed by atoms with Crippen molar-refractivity contribution in [3.05, 3.63) is 0 Å². The van der Waals surface area contributed by atoms with Gasteiger partial charge < -0.3 is 10.6 Å². The molecular weight excluding hydrogens is 124 g/mol. The van der Waals surface area contributed by atoms with Crippen LogP contribution in [-0.2, 0) is 0 Å². The maximum Gasteiger partial charge on any atom is 0.314 e. The van der Waals surface area contributed by atoms with E-state index in [4.69, 9.17) is 0 Å². The summed E-state index contributed by atoms with van der Waals surface area (Å²) in [5.74, 6) is 0. The maximum absolute atomic E-state index is 10.3. The number of urea groups is 1. The van der Waals surface area contributed by atoms with Crippen molar-refractivity contribution in [2.24, 2.45) is 0 Å². The van der Waals surface area contributed by atoms with Gasteiger partial charge in [-0.25, -0.2) is 4.79 Å². The first-order valence-corrected chi connectivity index (χ1v) is 2.67. The molecule has 0 fully saturated rings. The van der Waals surface area contributed by atoms with Crippen LogP contribution in [0, 0.1) is 0 Å². The van der Waals surface area contributed by atoms with Crippen LogP contribution in [0.1, 0.15) is 0 Å². The maximum atomic E-state index is 10.3. The van der Waals surface area contributed by atoms with Gasteiger partial charge in [0.15, 0.2) is 0 Å². The third-order valence-corrected chi connectivity index (χ3v) is 0.740. The van der Waals surface area contributed by atoms with E-state index in [1.54, 1.807) is 7.05 Å². The predicted molar refractivity (Wildman–Crippen MR) is 36.1 cm³/mol. The van der Waals surface area contributed by atoms with Crippen LogP contribution in [0.2, 0.25) is 0 Å². The molecule has 0 aliphatic rings. The number of thiocarbonyl (C=S) groups is 1. The van der Waals surface area contributed by atoms with E-state index in [0.717, 1.165) is 0 Å². The van der Waals surface area contributed by atoms with Crippen LogP contribution in [-0.4, -0.2) is 25.0 Å². The van der Waals surface area contributed by atoms with Gasteiger partial charge in [0.25, 0.3) is 0 Å². The quantitative estimate of drug-likeness (QED) is 0.516. The van der Waals surface area contributed by atoms with Crippen LogP contribution >= 0.6 is 12.2 Å². The number of hydrogen-bond donors (Lipinski definition) is 2. The van der Waals surface area contributed by atoms with Crippen molar-refractivity contribution in [2.45, 2.75) is 0 Å². The van der Waals surface area contributed by atoms with Crippen molar-refractivity contribution in [3.63, 3.8) is 0 Å². The fourth-order valence-electron chi connectivity index (χ4n) is 0.223. The second-order valence-electron chi connectivity index (χ2n) is 1.13. The molecular formula is C4H8N2OS. The molecule has 0 aliphatic heterocycles. The zero-order valence-electron chi connectivity index (χ0n) is 4.60. The molecule has 0 radical (unpaired) electrons. The highest BCUT2D eigenvalue weighted by molar-refractivity contribution is 7.79. The molecule has 0 saturated carbocycles. The Kier molecular flexibility index (Phi) is 4.16. The van der Waals surface area contributed by atoms with E-state index >= 15 is 0 Å². The third kappa shape index (κ3) is 3.55. The van der Waals surface area contributed by atoms with Gasteiger partial charge in [-0.15, -0.1) is 0 Å². The van der Waals surface area contributed by atoms with E-state index in [1.807, 2.05) is 0 Å². The molecule has 0 aromatic rings. The summed E-state index contributed by atoms with van der Waals surface area (Å²) in [5.41, 5.74) is 0. The average molecular weight is 132 g/mol. The van der Waals surface area contributed by atoms with Crippen molar-refractivity contribution in [3.8, 4) is 0 Å². The van der Waals surface area contributed by atoms with Gasteiger partial charge in [0.2, 0.25) is 0 Å². The van der Waals surface area contributed by atoms with Gasteiger partial charge in [-0.05, 0) is 5.37 Å². The number of rotatable bonds is 2. The van der Waals surface area contributed by atoms with Crippen molar-refractivity contribution in [1.82, 2.24) is 10.6 Å². The van der Waals surface area contributed by atoms with Gasteiger partial charge in [0.05, 0.1) is 0 Å². The number of carbonyl (C=O) groups is 1. The van der Waals surface area contributed by atoms with E-state index in [2.05, 4.69) is 22.9 Å².